The van der Waals surface area contributed by atoms with Crippen LogP contribution < -0.4 is 5.32 Å². The molecule has 35 heavy (non-hydrogen) atoms. The van der Waals surface area contributed by atoms with Crippen LogP contribution in [0, 0.1) is 19.8 Å². The maximum atomic E-state index is 13.1. The minimum atomic E-state index is 0.132. The highest BCUT2D eigenvalue weighted by Gasteiger charge is 2.42. The Morgan fingerprint density at radius 3 is 2.40 bits per heavy atom. The summed E-state index contributed by atoms with van der Waals surface area (Å²) >= 11 is 1.80. The number of piperidine rings is 1. The van der Waals surface area contributed by atoms with Crippen LogP contribution in [0.25, 0.3) is 0 Å². The number of hydrogen-bond donors (Lipinski definition) is 1. The van der Waals surface area contributed by atoms with Gasteiger partial charge in [0.2, 0.25) is 5.91 Å². The van der Waals surface area contributed by atoms with Gasteiger partial charge in [-0.05, 0) is 75.8 Å². The van der Waals surface area contributed by atoms with Gasteiger partial charge in [-0.1, -0.05) is 33.1 Å². The molecule has 3 atom stereocenters. The van der Waals surface area contributed by atoms with E-state index in [0.29, 0.717) is 24.0 Å². The number of carbonyl (C=O) groups excluding carboxylic acids is 1. The van der Waals surface area contributed by atoms with Crippen molar-refractivity contribution in [2.45, 2.75) is 122 Å². The van der Waals surface area contributed by atoms with E-state index < -0.39 is 0 Å². The Balaban J connectivity index is 1.25. The topological polar surface area (TPSA) is 63.1 Å². The quantitative estimate of drug-likeness (QED) is 0.480. The zero-order valence-corrected chi connectivity index (χ0v) is 22.8. The molecule has 7 heteroatoms. The first-order valence-electron chi connectivity index (χ1n) is 13.9. The number of aryl methyl sites for hydroxylation is 2. The summed E-state index contributed by atoms with van der Waals surface area (Å²) in [4.78, 5) is 17.2. The average Bonchev–Trinajstić information content (AvgIpc) is 3.52. The maximum Gasteiger partial charge on any atom is 0.223 e. The molecule has 6 nitrogen and oxygen atoms in total. The van der Waals surface area contributed by atoms with E-state index in [9.17, 15) is 4.79 Å². The molecule has 4 heterocycles. The molecular weight excluding hydrogens is 454 g/mol. The van der Waals surface area contributed by atoms with E-state index in [1.165, 1.54) is 55.4 Å². The zero-order chi connectivity index (χ0) is 24.5. The Morgan fingerprint density at radius 1 is 1.06 bits per heavy atom. The molecular formula is C28H43N5OS. The highest BCUT2D eigenvalue weighted by molar-refractivity contribution is 7.10. The van der Waals surface area contributed by atoms with Crippen LogP contribution in [0.2, 0.25) is 0 Å². The Kier molecular flexibility index (Phi) is 7.63. The molecule has 2 bridgehead atoms. The second-order valence-electron chi connectivity index (χ2n) is 11.6. The fourth-order valence-electron chi connectivity index (χ4n) is 6.91. The van der Waals surface area contributed by atoms with Gasteiger partial charge in [-0.15, -0.1) is 21.5 Å². The van der Waals surface area contributed by atoms with Crippen molar-refractivity contribution in [3.63, 3.8) is 0 Å². The first-order valence-corrected chi connectivity index (χ1v) is 14.8. The van der Waals surface area contributed by atoms with Crippen LogP contribution in [0.3, 0.4) is 0 Å². The van der Waals surface area contributed by atoms with Gasteiger partial charge in [0.25, 0.3) is 0 Å². The van der Waals surface area contributed by atoms with Crippen molar-refractivity contribution in [2.75, 3.05) is 6.54 Å². The number of nitrogens with one attached hydrogen (secondary N) is 1. The number of thiophene rings is 1. The fraction of sp³-hybridized carbons (Fsp3) is 0.750. The van der Waals surface area contributed by atoms with Crippen LogP contribution in [0.1, 0.15) is 118 Å². The SMILES string of the molecule is Cc1csc([C@H](CCN2[C@H]3CC[C@H]2CC(n2c(C)nnc2C(C)C)C3)NC(=O)C2CCCCC2)c1. The van der Waals surface area contributed by atoms with Crippen molar-refractivity contribution < 1.29 is 4.79 Å². The third-order valence-electron chi connectivity index (χ3n) is 8.70. The standard InChI is InChI=1S/C28H43N5OS/c1-18(2)27-31-30-20(4)33(27)24-15-22-10-11-23(16-24)32(22)13-12-25(26-14-19(3)17-35-26)29-28(34)21-8-6-5-7-9-21/h14,17-18,21-25H,5-13,15-16H2,1-4H3,(H,29,34)/t22-,23-,25-/m0/s1. The largest absolute Gasteiger partial charge is 0.348 e. The smallest absolute Gasteiger partial charge is 0.223 e. The minimum absolute atomic E-state index is 0.132. The minimum Gasteiger partial charge on any atom is -0.348 e. The third kappa shape index (κ3) is 5.36. The van der Waals surface area contributed by atoms with Gasteiger partial charge in [0.05, 0.1) is 6.04 Å². The van der Waals surface area contributed by atoms with Gasteiger partial charge in [0.15, 0.2) is 0 Å². The first kappa shape index (κ1) is 24.9. The Morgan fingerprint density at radius 2 is 1.77 bits per heavy atom. The van der Waals surface area contributed by atoms with Gasteiger partial charge >= 0.3 is 0 Å². The summed E-state index contributed by atoms with van der Waals surface area (Å²) in [6.07, 6.45) is 11.7. The highest BCUT2D eigenvalue weighted by Crippen LogP contribution is 2.42. The molecule has 1 saturated carbocycles. The lowest BCUT2D eigenvalue weighted by molar-refractivity contribution is -0.126. The number of aromatic nitrogens is 3. The van der Waals surface area contributed by atoms with Crippen molar-refractivity contribution in [2.24, 2.45) is 5.92 Å². The van der Waals surface area contributed by atoms with Crippen molar-refractivity contribution in [1.82, 2.24) is 25.0 Å². The summed E-state index contributed by atoms with van der Waals surface area (Å²) < 4.78 is 2.44. The van der Waals surface area contributed by atoms with Crippen molar-refractivity contribution in [1.29, 1.82) is 0 Å². The van der Waals surface area contributed by atoms with E-state index in [4.69, 9.17) is 0 Å². The molecule has 192 valence electrons. The van der Waals surface area contributed by atoms with Crippen LogP contribution in [0.5, 0.6) is 0 Å². The molecule has 0 spiro atoms. The Bertz CT molecular complexity index is 993. The molecule has 2 aromatic rings. The van der Waals surface area contributed by atoms with Gasteiger partial charge in [0.1, 0.15) is 11.6 Å². The highest BCUT2D eigenvalue weighted by atomic mass is 32.1. The zero-order valence-electron chi connectivity index (χ0n) is 22.0. The molecule has 1 aliphatic carbocycles. The summed E-state index contributed by atoms with van der Waals surface area (Å²) in [5.74, 6) is 3.09. The van der Waals surface area contributed by atoms with E-state index in [2.05, 4.69) is 64.1 Å². The van der Waals surface area contributed by atoms with Crippen LogP contribution in [0.4, 0.5) is 0 Å². The lowest BCUT2D eigenvalue weighted by atomic mass is 9.88. The van der Waals surface area contributed by atoms with Crippen molar-refractivity contribution in [3.8, 4) is 0 Å². The van der Waals surface area contributed by atoms with Gasteiger partial charge in [-0.3, -0.25) is 9.69 Å². The molecule has 2 aromatic heterocycles. The van der Waals surface area contributed by atoms with E-state index in [0.717, 1.165) is 37.5 Å². The molecule has 5 rings (SSSR count). The number of nitrogens with zero attached hydrogens (tertiary/aromatic N) is 4. The van der Waals surface area contributed by atoms with Crippen LogP contribution in [0.15, 0.2) is 11.4 Å². The predicted octanol–water partition coefficient (Wildman–Crippen LogP) is 6.08. The van der Waals surface area contributed by atoms with Crippen LogP contribution in [-0.4, -0.2) is 44.2 Å². The van der Waals surface area contributed by atoms with Crippen LogP contribution in [-0.2, 0) is 4.79 Å². The van der Waals surface area contributed by atoms with E-state index in [1.54, 1.807) is 11.3 Å². The number of hydrogen-bond acceptors (Lipinski definition) is 5. The van der Waals surface area contributed by atoms with Crippen molar-refractivity contribution >= 4 is 17.2 Å². The molecule has 0 unspecified atom stereocenters. The Labute approximate surface area is 214 Å². The van der Waals surface area contributed by atoms with Gasteiger partial charge in [0, 0.05) is 41.4 Å². The monoisotopic (exact) mass is 497 g/mol. The number of amides is 1. The average molecular weight is 498 g/mol. The first-order chi connectivity index (χ1) is 16.9. The molecule has 3 fully saturated rings. The summed E-state index contributed by atoms with van der Waals surface area (Å²) in [5.41, 5.74) is 1.30. The molecule has 1 amide bonds. The lowest BCUT2D eigenvalue weighted by Crippen LogP contribution is -2.45. The van der Waals surface area contributed by atoms with Gasteiger partial charge < -0.3 is 9.88 Å². The molecule has 1 N–H and O–H groups in total. The maximum absolute atomic E-state index is 13.1. The normalized spacial score (nSPS) is 26.4. The molecule has 2 saturated heterocycles. The van der Waals surface area contributed by atoms with Crippen molar-refractivity contribution in [3.05, 3.63) is 33.5 Å². The van der Waals surface area contributed by atoms with Gasteiger partial charge in [-0.25, -0.2) is 0 Å². The lowest BCUT2D eigenvalue weighted by Gasteiger charge is -2.40. The van der Waals surface area contributed by atoms with Crippen LogP contribution >= 0.6 is 11.3 Å². The molecule has 0 aromatic carbocycles. The number of rotatable bonds is 8. The third-order valence-corrected chi connectivity index (χ3v) is 9.86. The summed E-state index contributed by atoms with van der Waals surface area (Å²) in [6, 6.07) is 4.17. The summed E-state index contributed by atoms with van der Waals surface area (Å²) in [7, 11) is 0. The Hall–Kier alpha value is -1.73. The predicted molar refractivity (Wildman–Crippen MR) is 142 cm³/mol. The fourth-order valence-corrected chi connectivity index (χ4v) is 7.89. The number of fused-ring (bicyclic) bond motifs is 2. The van der Waals surface area contributed by atoms with E-state index in [-0.39, 0.29) is 17.9 Å². The van der Waals surface area contributed by atoms with E-state index >= 15 is 0 Å². The molecule has 2 aliphatic heterocycles. The summed E-state index contributed by atoms with van der Waals surface area (Å²) in [5, 5.41) is 14.6. The summed E-state index contributed by atoms with van der Waals surface area (Å²) in [6.45, 7) is 9.77. The van der Waals surface area contributed by atoms with Gasteiger partial charge in [-0.2, -0.15) is 0 Å². The molecule has 3 aliphatic rings. The second-order valence-corrected chi connectivity index (χ2v) is 12.5. The van der Waals surface area contributed by atoms with E-state index in [1.807, 2.05) is 0 Å². The second kappa shape index (κ2) is 10.7. The molecule has 0 radical (unpaired) electrons. The number of carbonyl (C=O) groups is 1.